The summed E-state index contributed by atoms with van der Waals surface area (Å²) in [7, 11) is 0. The van der Waals surface area contributed by atoms with Gasteiger partial charge >= 0.3 is 0 Å². The van der Waals surface area contributed by atoms with Gasteiger partial charge in [-0.25, -0.2) is 0 Å². The zero-order valence-electron chi connectivity index (χ0n) is 11.9. The van der Waals surface area contributed by atoms with Crippen molar-refractivity contribution in [1.29, 1.82) is 0 Å². The lowest BCUT2D eigenvalue weighted by molar-refractivity contribution is 0.423. The van der Waals surface area contributed by atoms with Gasteiger partial charge in [0.15, 0.2) is 5.96 Å². The van der Waals surface area contributed by atoms with Crippen LogP contribution in [0.3, 0.4) is 0 Å². The topological polar surface area (TPSA) is 50.4 Å². The van der Waals surface area contributed by atoms with Gasteiger partial charge in [-0.05, 0) is 46.1 Å². The summed E-state index contributed by atoms with van der Waals surface area (Å²) in [5.41, 5.74) is 7.18. The van der Waals surface area contributed by atoms with Gasteiger partial charge < -0.3 is 11.1 Å². The average molecular weight is 247 g/mol. The van der Waals surface area contributed by atoms with Crippen molar-refractivity contribution in [3.05, 3.63) is 35.9 Å². The first-order valence-electron chi connectivity index (χ1n) is 6.54. The Bertz CT molecular complexity index is 380. The number of guanidine groups is 1. The molecule has 0 atom stereocenters. The summed E-state index contributed by atoms with van der Waals surface area (Å²) in [6, 6.07) is 10.7. The van der Waals surface area contributed by atoms with Crippen LogP contribution in [0.4, 0.5) is 0 Å². The summed E-state index contributed by atoms with van der Waals surface area (Å²) in [5.74, 6) is 0.531. The Morgan fingerprint density at radius 2 is 1.89 bits per heavy atom. The lowest BCUT2D eigenvalue weighted by Gasteiger charge is -2.27. The molecule has 0 aromatic heterocycles. The highest BCUT2D eigenvalue weighted by Crippen LogP contribution is 2.13. The van der Waals surface area contributed by atoms with E-state index in [0.717, 1.165) is 12.8 Å². The van der Waals surface area contributed by atoms with Crippen LogP contribution in [0.1, 0.15) is 39.7 Å². The van der Waals surface area contributed by atoms with Crippen LogP contribution in [0.5, 0.6) is 0 Å². The summed E-state index contributed by atoms with van der Waals surface area (Å²) in [6.07, 6.45) is 2.06. The minimum atomic E-state index is -0.0433. The summed E-state index contributed by atoms with van der Waals surface area (Å²) in [5, 5.41) is 3.29. The number of aryl methyl sites for hydroxylation is 1. The molecule has 3 N–H and O–H groups in total. The van der Waals surface area contributed by atoms with Crippen molar-refractivity contribution in [2.45, 2.75) is 52.1 Å². The quantitative estimate of drug-likeness (QED) is 0.621. The SMILES string of the molecule is CC(C)N=C(N)NC(C)(C)CCc1ccccc1. The molecule has 0 unspecified atom stereocenters. The summed E-state index contributed by atoms with van der Waals surface area (Å²) in [4.78, 5) is 4.30. The molecule has 0 radical (unpaired) electrons. The Morgan fingerprint density at radius 1 is 1.28 bits per heavy atom. The van der Waals surface area contributed by atoms with Crippen molar-refractivity contribution in [1.82, 2.24) is 5.32 Å². The number of aliphatic imine (C=N–C) groups is 1. The van der Waals surface area contributed by atoms with Crippen molar-refractivity contribution in [2.24, 2.45) is 10.7 Å². The lowest BCUT2D eigenvalue weighted by atomic mass is 9.95. The maximum absolute atomic E-state index is 5.87. The van der Waals surface area contributed by atoms with Gasteiger partial charge in [-0.2, -0.15) is 0 Å². The average Bonchev–Trinajstić information content (AvgIpc) is 2.26. The Kier molecular flexibility index (Phi) is 5.20. The fraction of sp³-hybridized carbons (Fsp3) is 0.533. The normalized spacial score (nSPS) is 12.8. The zero-order valence-corrected chi connectivity index (χ0v) is 11.9. The van der Waals surface area contributed by atoms with Gasteiger partial charge in [0, 0.05) is 11.6 Å². The fourth-order valence-corrected chi connectivity index (χ4v) is 1.82. The maximum atomic E-state index is 5.87. The first-order valence-corrected chi connectivity index (χ1v) is 6.54. The van der Waals surface area contributed by atoms with E-state index < -0.39 is 0 Å². The van der Waals surface area contributed by atoms with E-state index in [1.807, 2.05) is 19.9 Å². The molecular formula is C15H25N3. The monoisotopic (exact) mass is 247 g/mol. The first-order chi connectivity index (χ1) is 8.39. The number of nitrogens with zero attached hydrogens (tertiary/aromatic N) is 1. The van der Waals surface area contributed by atoms with Crippen molar-refractivity contribution in [3.63, 3.8) is 0 Å². The summed E-state index contributed by atoms with van der Waals surface area (Å²) >= 11 is 0. The molecule has 18 heavy (non-hydrogen) atoms. The van der Waals surface area contributed by atoms with E-state index in [4.69, 9.17) is 5.73 Å². The van der Waals surface area contributed by atoms with Crippen LogP contribution >= 0.6 is 0 Å². The van der Waals surface area contributed by atoms with Crippen LogP contribution in [-0.4, -0.2) is 17.5 Å². The molecule has 0 saturated heterocycles. The molecule has 0 bridgehead atoms. The largest absolute Gasteiger partial charge is 0.370 e. The van der Waals surface area contributed by atoms with Crippen molar-refractivity contribution in [3.8, 4) is 0 Å². The van der Waals surface area contributed by atoms with Crippen molar-refractivity contribution < 1.29 is 0 Å². The van der Waals surface area contributed by atoms with Crippen molar-refractivity contribution in [2.75, 3.05) is 0 Å². The van der Waals surface area contributed by atoms with E-state index in [1.54, 1.807) is 0 Å². The van der Waals surface area contributed by atoms with E-state index in [1.165, 1.54) is 5.56 Å². The molecule has 1 aromatic rings. The second-order valence-corrected chi connectivity index (χ2v) is 5.60. The highest BCUT2D eigenvalue weighted by atomic mass is 15.1. The summed E-state index contributed by atoms with van der Waals surface area (Å²) in [6.45, 7) is 8.34. The van der Waals surface area contributed by atoms with Gasteiger partial charge in [-0.15, -0.1) is 0 Å². The maximum Gasteiger partial charge on any atom is 0.189 e. The molecule has 100 valence electrons. The predicted octanol–water partition coefficient (Wildman–Crippen LogP) is 2.71. The highest BCUT2D eigenvalue weighted by Gasteiger charge is 2.18. The minimum Gasteiger partial charge on any atom is -0.370 e. The molecule has 0 heterocycles. The Labute approximate surface area is 111 Å². The minimum absolute atomic E-state index is 0.0433. The van der Waals surface area contributed by atoms with E-state index >= 15 is 0 Å². The third-order valence-corrected chi connectivity index (χ3v) is 2.75. The molecule has 0 saturated carbocycles. The van der Waals surface area contributed by atoms with E-state index in [-0.39, 0.29) is 11.6 Å². The van der Waals surface area contributed by atoms with Crippen LogP contribution in [0.2, 0.25) is 0 Å². The molecule has 1 aromatic carbocycles. The fourth-order valence-electron chi connectivity index (χ4n) is 1.82. The number of benzene rings is 1. The standard InChI is InChI=1S/C15H25N3/c1-12(2)17-14(16)18-15(3,4)11-10-13-8-6-5-7-9-13/h5-9,12H,10-11H2,1-4H3,(H3,16,17,18). The first kappa shape index (κ1) is 14.6. The predicted molar refractivity (Wildman–Crippen MR) is 78.7 cm³/mol. The number of hydrogen-bond donors (Lipinski definition) is 2. The Morgan fingerprint density at radius 3 is 2.44 bits per heavy atom. The molecule has 1 rings (SSSR count). The second-order valence-electron chi connectivity index (χ2n) is 5.60. The molecule has 0 fully saturated rings. The van der Waals surface area contributed by atoms with Gasteiger partial charge in [-0.1, -0.05) is 30.3 Å². The lowest BCUT2D eigenvalue weighted by Crippen LogP contribution is -2.47. The second kappa shape index (κ2) is 6.43. The molecule has 0 spiro atoms. The zero-order chi connectivity index (χ0) is 13.6. The number of nitrogens with one attached hydrogen (secondary N) is 1. The number of hydrogen-bond acceptors (Lipinski definition) is 1. The molecule has 0 aliphatic carbocycles. The van der Waals surface area contributed by atoms with Gasteiger partial charge in [0.25, 0.3) is 0 Å². The van der Waals surface area contributed by atoms with E-state index in [2.05, 4.69) is 48.4 Å². The van der Waals surface area contributed by atoms with Gasteiger partial charge in [0.05, 0.1) is 0 Å². The number of rotatable bonds is 5. The highest BCUT2D eigenvalue weighted by molar-refractivity contribution is 5.78. The van der Waals surface area contributed by atoms with Crippen LogP contribution in [0, 0.1) is 0 Å². The molecule has 3 heteroatoms. The van der Waals surface area contributed by atoms with E-state index in [0.29, 0.717) is 5.96 Å². The van der Waals surface area contributed by atoms with Gasteiger partial charge in [-0.3, -0.25) is 4.99 Å². The van der Waals surface area contributed by atoms with Crippen LogP contribution < -0.4 is 11.1 Å². The smallest absolute Gasteiger partial charge is 0.189 e. The third-order valence-electron chi connectivity index (χ3n) is 2.75. The van der Waals surface area contributed by atoms with Crippen LogP contribution in [0.15, 0.2) is 35.3 Å². The molecular weight excluding hydrogens is 222 g/mol. The molecule has 0 aliphatic rings. The molecule has 0 amide bonds. The summed E-state index contributed by atoms with van der Waals surface area (Å²) < 4.78 is 0. The van der Waals surface area contributed by atoms with E-state index in [9.17, 15) is 0 Å². The Balaban J connectivity index is 2.49. The molecule has 3 nitrogen and oxygen atoms in total. The van der Waals surface area contributed by atoms with Crippen molar-refractivity contribution >= 4 is 5.96 Å². The Hall–Kier alpha value is -1.51. The third kappa shape index (κ3) is 5.71. The van der Waals surface area contributed by atoms with Crippen LogP contribution in [0.25, 0.3) is 0 Å². The van der Waals surface area contributed by atoms with Gasteiger partial charge in [0.2, 0.25) is 0 Å². The van der Waals surface area contributed by atoms with Gasteiger partial charge in [0.1, 0.15) is 0 Å². The molecule has 0 aliphatic heterocycles. The van der Waals surface area contributed by atoms with Crippen LogP contribution in [-0.2, 0) is 6.42 Å². The number of nitrogens with two attached hydrogens (primary N) is 1.